The van der Waals surface area contributed by atoms with Crippen LogP contribution in [0.3, 0.4) is 0 Å². The van der Waals surface area contributed by atoms with Crippen molar-refractivity contribution < 1.29 is 4.79 Å². The van der Waals surface area contributed by atoms with Crippen molar-refractivity contribution >= 4 is 17.4 Å². The number of amides is 1. The van der Waals surface area contributed by atoms with Crippen LogP contribution in [0.25, 0.3) is 22.6 Å². The molecular weight excluding hydrogens is 352 g/mol. The molecule has 0 radical (unpaired) electrons. The highest BCUT2D eigenvalue weighted by molar-refractivity contribution is 6.02. The van der Waals surface area contributed by atoms with Gasteiger partial charge in [0.25, 0.3) is 0 Å². The quantitative estimate of drug-likeness (QED) is 0.761. The van der Waals surface area contributed by atoms with Gasteiger partial charge in [0.2, 0.25) is 5.91 Å². The normalized spacial score (nSPS) is 17.2. The molecule has 3 aromatic rings. The van der Waals surface area contributed by atoms with Crippen LogP contribution < -0.4 is 9.80 Å². The van der Waals surface area contributed by atoms with Crippen LogP contribution in [0.1, 0.15) is 25.7 Å². The van der Waals surface area contributed by atoms with Gasteiger partial charge in [-0.2, -0.15) is 5.10 Å². The lowest BCUT2D eigenvalue weighted by Gasteiger charge is -2.37. The van der Waals surface area contributed by atoms with E-state index in [9.17, 15) is 4.79 Å². The molecule has 0 saturated heterocycles. The van der Waals surface area contributed by atoms with Gasteiger partial charge < -0.3 is 9.80 Å². The van der Waals surface area contributed by atoms with E-state index in [-0.39, 0.29) is 5.91 Å². The lowest BCUT2D eigenvalue weighted by molar-refractivity contribution is -0.117. The Bertz CT molecular complexity index is 1010. The molecule has 1 amide bonds. The van der Waals surface area contributed by atoms with E-state index in [1.54, 1.807) is 24.3 Å². The van der Waals surface area contributed by atoms with Gasteiger partial charge in [-0.25, -0.2) is 9.97 Å². The molecule has 1 fully saturated rings. The first-order valence-electron chi connectivity index (χ1n) is 9.72. The van der Waals surface area contributed by atoms with Crippen LogP contribution in [0.5, 0.6) is 0 Å². The van der Waals surface area contributed by atoms with Crippen molar-refractivity contribution in [1.82, 2.24) is 20.2 Å². The van der Waals surface area contributed by atoms with E-state index in [0.717, 1.165) is 41.2 Å². The lowest BCUT2D eigenvalue weighted by Crippen LogP contribution is -2.48. The predicted octanol–water partition coefficient (Wildman–Crippen LogP) is 3.26. The predicted molar refractivity (Wildman–Crippen MR) is 108 cm³/mol. The number of nitrogens with zero attached hydrogens (tertiary/aromatic N) is 5. The highest BCUT2D eigenvalue weighted by Gasteiger charge is 2.34. The van der Waals surface area contributed by atoms with Gasteiger partial charge in [-0.15, -0.1) is 0 Å². The van der Waals surface area contributed by atoms with Gasteiger partial charge in [-0.3, -0.25) is 9.89 Å². The Hall–Kier alpha value is -3.22. The molecule has 1 aliphatic carbocycles. The van der Waals surface area contributed by atoms with E-state index in [1.165, 1.54) is 12.8 Å². The van der Waals surface area contributed by atoms with Gasteiger partial charge in [0.1, 0.15) is 5.69 Å². The Kier molecular flexibility index (Phi) is 4.07. The topological polar surface area (TPSA) is 78.0 Å². The number of benzene rings is 1. The van der Waals surface area contributed by atoms with E-state index in [0.29, 0.717) is 18.4 Å². The summed E-state index contributed by atoms with van der Waals surface area (Å²) in [4.78, 5) is 25.8. The molecule has 0 unspecified atom stereocenters. The molecule has 1 aromatic carbocycles. The number of rotatable bonds is 3. The van der Waals surface area contributed by atoms with Crippen LogP contribution in [0, 0.1) is 0 Å². The maximum absolute atomic E-state index is 12.5. The zero-order valence-electron chi connectivity index (χ0n) is 15.8. The minimum Gasteiger partial charge on any atom is -0.342 e. The number of aromatic amines is 1. The van der Waals surface area contributed by atoms with Gasteiger partial charge >= 0.3 is 0 Å². The van der Waals surface area contributed by atoms with Crippen molar-refractivity contribution in [1.29, 1.82) is 0 Å². The fraction of sp³-hybridized carbons (Fsp3) is 0.333. The molecule has 3 heterocycles. The molecule has 7 heteroatoms. The van der Waals surface area contributed by atoms with Crippen molar-refractivity contribution in [2.24, 2.45) is 0 Å². The number of nitrogens with one attached hydrogen (secondary N) is 1. The fourth-order valence-electron chi connectivity index (χ4n) is 4.20. The number of H-pyrrole nitrogens is 1. The molecule has 0 atom stereocenters. The average Bonchev–Trinajstić information content (AvgIpc) is 3.43. The van der Waals surface area contributed by atoms with Crippen molar-refractivity contribution in [3.63, 3.8) is 0 Å². The summed E-state index contributed by atoms with van der Waals surface area (Å²) in [6, 6.07) is 10.4. The van der Waals surface area contributed by atoms with Crippen molar-refractivity contribution in [3.8, 4) is 22.6 Å². The molecule has 7 nitrogen and oxygen atoms in total. The van der Waals surface area contributed by atoms with Crippen LogP contribution >= 0.6 is 0 Å². The van der Waals surface area contributed by atoms with Gasteiger partial charge in [-0.1, -0.05) is 43.2 Å². The number of hydrogen-bond acceptors (Lipinski definition) is 5. The second-order valence-electron chi connectivity index (χ2n) is 7.45. The average molecular weight is 374 g/mol. The Morgan fingerprint density at radius 2 is 1.89 bits per heavy atom. The number of hydrogen-bond donors (Lipinski definition) is 1. The van der Waals surface area contributed by atoms with Gasteiger partial charge in [-0.05, 0) is 12.8 Å². The first-order chi connectivity index (χ1) is 13.7. The summed E-state index contributed by atoms with van der Waals surface area (Å²) >= 11 is 0. The zero-order chi connectivity index (χ0) is 19.1. The molecule has 0 spiro atoms. The van der Waals surface area contributed by atoms with E-state index in [2.05, 4.69) is 20.1 Å². The molecule has 2 aliphatic rings. The molecular formula is C21H22N6O. The van der Waals surface area contributed by atoms with Crippen LogP contribution in [0.2, 0.25) is 0 Å². The summed E-state index contributed by atoms with van der Waals surface area (Å²) in [6.07, 6.45) is 8.16. The van der Waals surface area contributed by atoms with Crippen LogP contribution in [0.4, 0.5) is 11.5 Å². The number of anilines is 2. The second-order valence-corrected chi connectivity index (χ2v) is 7.45. The highest BCUT2D eigenvalue weighted by atomic mass is 16.2. The monoisotopic (exact) mass is 374 g/mol. The summed E-state index contributed by atoms with van der Waals surface area (Å²) in [7, 11) is 1.80. The third kappa shape index (κ3) is 2.74. The highest BCUT2D eigenvalue weighted by Crippen LogP contribution is 2.38. The van der Waals surface area contributed by atoms with E-state index >= 15 is 0 Å². The second kappa shape index (κ2) is 6.74. The smallest absolute Gasteiger partial charge is 0.246 e. The van der Waals surface area contributed by atoms with E-state index < -0.39 is 0 Å². The van der Waals surface area contributed by atoms with Crippen molar-refractivity contribution in [2.45, 2.75) is 31.7 Å². The molecule has 1 aliphatic heterocycles. The van der Waals surface area contributed by atoms with E-state index in [1.807, 2.05) is 30.3 Å². The summed E-state index contributed by atoms with van der Waals surface area (Å²) in [5.74, 6) is 1.56. The number of carbonyl (C=O) groups is 1. The largest absolute Gasteiger partial charge is 0.342 e. The Morgan fingerprint density at radius 1 is 1.11 bits per heavy atom. The molecule has 142 valence electrons. The minimum absolute atomic E-state index is 0.0871. The molecule has 1 saturated carbocycles. The third-order valence-corrected chi connectivity index (χ3v) is 5.77. The Labute approximate surface area is 163 Å². The summed E-state index contributed by atoms with van der Waals surface area (Å²) in [5, 5.41) is 7.30. The minimum atomic E-state index is 0.0871. The van der Waals surface area contributed by atoms with Crippen LogP contribution in [0.15, 0.2) is 42.7 Å². The maximum atomic E-state index is 12.5. The third-order valence-electron chi connectivity index (χ3n) is 5.77. The molecule has 1 N–H and O–H groups in total. The van der Waals surface area contributed by atoms with Crippen LogP contribution in [-0.4, -0.2) is 45.7 Å². The van der Waals surface area contributed by atoms with Crippen molar-refractivity contribution in [3.05, 3.63) is 42.7 Å². The first-order valence-corrected chi connectivity index (χ1v) is 9.72. The number of fused-ring (bicyclic) bond motifs is 1. The number of likely N-dealkylation sites (N-methyl/N-ethyl adjacent to an activating group) is 1. The van der Waals surface area contributed by atoms with Gasteiger partial charge in [0, 0.05) is 18.7 Å². The summed E-state index contributed by atoms with van der Waals surface area (Å²) in [5.41, 5.74) is 3.57. The molecule has 5 rings (SSSR count). The summed E-state index contributed by atoms with van der Waals surface area (Å²) < 4.78 is 0. The Morgan fingerprint density at radius 3 is 2.68 bits per heavy atom. The fourth-order valence-corrected chi connectivity index (χ4v) is 4.20. The zero-order valence-corrected chi connectivity index (χ0v) is 15.8. The van der Waals surface area contributed by atoms with Crippen molar-refractivity contribution in [2.75, 3.05) is 23.4 Å². The molecule has 0 bridgehead atoms. The molecule has 2 aromatic heterocycles. The standard InChI is InChI=1S/C21H22N6O/c1-26-17-12-22-20(16-11-23-25-19(16)14-7-3-2-4-8-14)24-21(17)27(13-18(26)28)15-9-5-6-10-15/h2-4,7-8,11-12,15H,5-6,9-10,13H2,1H3,(H,23,25). The van der Waals surface area contributed by atoms with E-state index in [4.69, 9.17) is 4.98 Å². The van der Waals surface area contributed by atoms with Gasteiger partial charge in [0.15, 0.2) is 11.6 Å². The Balaban J connectivity index is 1.60. The molecule has 28 heavy (non-hydrogen) atoms. The van der Waals surface area contributed by atoms with Gasteiger partial charge in [0.05, 0.1) is 30.2 Å². The number of aromatic nitrogens is 4. The maximum Gasteiger partial charge on any atom is 0.246 e. The first kappa shape index (κ1) is 16.9. The SMILES string of the molecule is CN1C(=O)CN(C2CCCC2)c2nc(-c3cn[nH]c3-c3ccccc3)ncc21. The number of carbonyl (C=O) groups excluding carboxylic acids is 1. The lowest BCUT2D eigenvalue weighted by atomic mass is 10.1. The van der Waals surface area contributed by atoms with Crippen LogP contribution in [-0.2, 0) is 4.79 Å². The summed E-state index contributed by atoms with van der Waals surface area (Å²) in [6.45, 7) is 0.377.